The first-order valence-electron chi connectivity index (χ1n) is 7.48. The van der Waals surface area contributed by atoms with Crippen molar-refractivity contribution < 1.29 is 4.79 Å². The molecule has 21 heavy (non-hydrogen) atoms. The Bertz CT molecular complexity index is 536. The van der Waals surface area contributed by atoms with E-state index in [0.717, 1.165) is 19.4 Å². The zero-order chi connectivity index (χ0) is 15.8. The van der Waals surface area contributed by atoms with Crippen molar-refractivity contribution >= 4 is 29.1 Å². The summed E-state index contributed by atoms with van der Waals surface area (Å²) in [4.78, 5) is 14.6. The second-order valence-electron chi connectivity index (χ2n) is 6.91. The predicted molar refractivity (Wildman–Crippen MR) is 89.1 cm³/mol. The Balaban J connectivity index is 2.25. The van der Waals surface area contributed by atoms with Crippen LogP contribution >= 0.6 is 23.2 Å². The minimum Gasteiger partial charge on any atom is -0.339 e. The highest BCUT2D eigenvalue weighted by atomic mass is 35.5. The van der Waals surface area contributed by atoms with Gasteiger partial charge in [0.25, 0.3) is 0 Å². The number of benzene rings is 1. The van der Waals surface area contributed by atoms with Gasteiger partial charge in [-0.1, -0.05) is 50.0 Å². The summed E-state index contributed by atoms with van der Waals surface area (Å²) in [5, 5.41) is 1.16. The molecule has 1 saturated heterocycles. The third-order valence-corrected chi connectivity index (χ3v) is 5.00. The van der Waals surface area contributed by atoms with Gasteiger partial charge in [0, 0.05) is 23.9 Å². The van der Waals surface area contributed by atoms with Crippen LogP contribution in [0.1, 0.15) is 52.0 Å². The average Bonchev–Trinajstić information content (AvgIpc) is 2.40. The van der Waals surface area contributed by atoms with Crippen molar-refractivity contribution in [3.05, 3.63) is 33.8 Å². The Morgan fingerprint density at radius 1 is 1.24 bits per heavy atom. The maximum absolute atomic E-state index is 12.6. The lowest BCUT2D eigenvalue weighted by Crippen LogP contribution is -2.50. The molecule has 0 aliphatic carbocycles. The van der Waals surface area contributed by atoms with Crippen molar-refractivity contribution in [1.29, 1.82) is 0 Å². The van der Waals surface area contributed by atoms with E-state index in [1.807, 2.05) is 43.9 Å². The number of hydrogen-bond donors (Lipinski definition) is 0. The summed E-state index contributed by atoms with van der Waals surface area (Å²) in [6.07, 6.45) is 2.10. The Morgan fingerprint density at radius 3 is 2.48 bits per heavy atom. The molecule has 2 rings (SSSR count). The highest BCUT2D eigenvalue weighted by Crippen LogP contribution is 2.36. The number of carbonyl (C=O) groups excluding carboxylic acids is 1. The molecule has 1 aromatic carbocycles. The number of rotatable bonds is 1. The van der Waals surface area contributed by atoms with E-state index in [1.165, 1.54) is 5.56 Å². The maximum atomic E-state index is 12.6. The fourth-order valence-electron chi connectivity index (χ4n) is 3.05. The highest BCUT2D eigenvalue weighted by molar-refractivity contribution is 6.42. The molecule has 0 aromatic heterocycles. The van der Waals surface area contributed by atoms with E-state index in [2.05, 4.69) is 6.92 Å². The van der Waals surface area contributed by atoms with Crippen LogP contribution in [0.3, 0.4) is 0 Å². The standard InChI is InChI=1S/C17H23Cl2NO/c1-11-13(12-7-8-14(18)15(19)10-12)6-5-9-20(11)16(21)17(2,3)4/h7-8,10-11,13H,5-6,9H2,1-4H3/t11-,13+/m0/s1. The molecule has 116 valence electrons. The first-order chi connectivity index (χ1) is 9.71. The Labute approximate surface area is 137 Å². The third kappa shape index (κ3) is 3.54. The van der Waals surface area contributed by atoms with E-state index in [9.17, 15) is 4.79 Å². The lowest BCUT2D eigenvalue weighted by atomic mass is 9.82. The summed E-state index contributed by atoms with van der Waals surface area (Å²) < 4.78 is 0. The van der Waals surface area contributed by atoms with Gasteiger partial charge in [0.2, 0.25) is 5.91 Å². The van der Waals surface area contributed by atoms with Crippen LogP contribution < -0.4 is 0 Å². The first-order valence-corrected chi connectivity index (χ1v) is 8.23. The van der Waals surface area contributed by atoms with Gasteiger partial charge in [-0.2, -0.15) is 0 Å². The van der Waals surface area contributed by atoms with Crippen molar-refractivity contribution in [3.8, 4) is 0 Å². The number of likely N-dealkylation sites (tertiary alicyclic amines) is 1. The van der Waals surface area contributed by atoms with Crippen LogP contribution in [0, 0.1) is 5.41 Å². The number of piperidine rings is 1. The summed E-state index contributed by atoms with van der Waals surface area (Å²) in [7, 11) is 0. The molecule has 1 aliphatic rings. The van der Waals surface area contributed by atoms with E-state index in [-0.39, 0.29) is 17.4 Å². The number of hydrogen-bond acceptors (Lipinski definition) is 1. The molecular formula is C17H23Cl2NO. The second-order valence-corrected chi connectivity index (χ2v) is 7.73. The molecule has 1 heterocycles. The molecule has 0 saturated carbocycles. The van der Waals surface area contributed by atoms with Gasteiger partial charge in [-0.15, -0.1) is 0 Å². The molecule has 1 fully saturated rings. The summed E-state index contributed by atoms with van der Waals surface area (Å²) >= 11 is 12.1. The summed E-state index contributed by atoms with van der Waals surface area (Å²) in [6.45, 7) is 8.91. The van der Waals surface area contributed by atoms with Crippen molar-refractivity contribution in [3.63, 3.8) is 0 Å². The lowest BCUT2D eigenvalue weighted by Gasteiger charge is -2.42. The molecule has 0 unspecified atom stereocenters. The fourth-order valence-corrected chi connectivity index (χ4v) is 3.36. The van der Waals surface area contributed by atoms with E-state index < -0.39 is 0 Å². The fraction of sp³-hybridized carbons (Fsp3) is 0.588. The van der Waals surface area contributed by atoms with Crippen molar-refractivity contribution in [1.82, 2.24) is 4.90 Å². The summed E-state index contributed by atoms with van der Waals surface area (Å²) in [5.74, 6) is 0.541. The lowest BCUT2D eigenvalue weighted by molar-refractivity contribution is -0.143. The Kier molecular flexibility index (Phi) is 4.89. The van der Waals surface area contributed by atoms with Crippen LogP contribution in [-0.4, -0.2) is 23.4 Å². The van der Waals surface area contributed by atoms with Crippen LogP contribution in [0.2, 0.25) is 10.0 Å². The molecular weight excluding hydrogens is 305 g/mol. The van der Waals surface area contributed by atoms with Gasteiger partial charge >= 0.3 is 0 Å². The number of amides is 1. The summed E-state index contributed by atoms with van der Waals surface area (Å²) in [5.41, 5.74) is 0.830. The van der Waals surface area contributed by atoms with Gasteiger partial charge in [0.1, 0.15) is 0 Å². The van der Waals surface area contributed by atoms with Crippen molar-refractivity contribution in [2.45, 2.75) is 52.5 Å². The number of nitrogens with zero attached hydrogens (tertiary/aromatic N) is 1. The molecule has 1 aliphatic heterocycles. The second kappa shape index (κ2) is 6.18. The van der Waals surface area contributed by atoms with Crippen LogP contribution in [0.25, 0.3) is 0 Å². The molecule has 2 atom stereocenters. The number of carbonyl (C=O) groups is 1. The van der Waals surface area contributed by atoms with Crippen LogP contribution in [-0.2, 0) is 4.79 Å². The topological polar surface area (TPSA) is 20.3 Å². The molecule has 0 spiro atoms. The molecule has 0 radical (unpaired) electrons. The zero-order valence-corrected chi connectivity index (χ0v) is 14.6. The van der Waals surface area contributed by atoms with Gasteiger partial charge in [-0.3, -0.25) is 4.79 Å². The molecule has 2 nitrogen and oxygen atoms in total. The zero-order valence-electron chi connectivity index (χ0n) is 13.1. The largest absolute Gasteiger partial charge is 0.339 e. The molecule has 1 aromatic rings. The minimum atomic E-state index is -0.339. The quantitative estimate of drug-likeness (QED) is 0.699. The van der Waals surface area contributed by atoms with E-state index in [1.54, 1.807) is 0 Å². The molecule has 0 bridgehead atoms. The van der Waals surface area contributed by atoms with Gasteiger partial charge in [0.05, 0.1) is 10.0 Å². The van der Waals surface area contributed by atoms with Gasteiger partial charge in [-0.25, -0.2) is 0 Å². The minimum absolute atomic E-state index is 0.183. The maximum Gasteiger partial charge on any atom is 0.228 e. The van der Waals surface area contributed by atoms with Crippen LogP contribution in [0.5, 0.6) is 0 Å². The Morgan fingerprint density at radius 2 is 1.90 bits per heavy atom. The van der Waals surface area contributed by atoms with Crippen LogP contribution in [0.15, 0.2) is 18.2 Å². The molecule has 4 heteroatoms. The van der Waals surface area contributed by atoms with Gasteiger partial charge in [0.15, 0.2) is 0 Å². The third-order valence-electron chi connectivity index (χ3n) is 4.26. The summed E-state index contributed by atoms with van der Waals surface area (Å²) in [6, 6.07) is 6.00. The average molecular weight is 328 g/mol. The number of halogens is 2. The molecule has 0 N–H and O–H groups in total. The normalized spacial score (nSPS) is 23.2. The van der Waals surface area contributed by atoms with E-state index in [0.29, 0.717) is 16.0 Å². The van der Waals surface area contributed by atoms with Gasteiger partial charge < -0.3 is 4.90 Å². The van der Waals surface area contributed by atoms with Crippen molar-refractivity contribution in [2.75, 3.05) is 6.54 Å². The van der Waals surface area contributed by atoms with Gasteiger partial charge in [-0.05, 0) is 37.5 Å². The van der Waals surface area contributed by atoms with E-state index >= 15 is 0 Å². The van der Waals surface area contributed by atoms with Crippen LogP contribution in [0.4, 0.5) is 0 Å². The predicted octanol–water partition coefficient (Wildman–Crippen LogP) is 5.13. The van der Waals surface area contributed by atoms with Crippen molar-refractivity contribution in [2.24, 2.45) is 5.41 Å². The Hall–Kier alpha value is -0.730. The smallest absolute Gasteiger partial charge is 0.228 e. The first kappa shape index (κ1) is 16.6. The monoisotopic (exact) mass is 327 g/mol. The highest BCUT2D eigenvalue weighted by Gasteiger charge is 2.36. The molecule has 1 amide bonds. The van der Waals surface area contributed by atoms with E-state index in [4.69, 9.17) is 23.2 Å². The SMILES string of the molecule is C[C@H]1[C@H](c2ccc(Cl)c(Cl)c2)CCCN1C(=O)C(C)(C)C.